The maximum Gasteiger partial charge on any atom is 0.138 e. The van der Waals surface area contributed by atoms with E-state index in [9.17, 15) is 0 Å². The van der Waals surface area contributed by atoms with E-state index in [2.05, 4.69) is 24.9 Å². The number of thioether (sulfide) groups is 1. The lowest BCUT2D eigenvalue weighted by Crippen LogP contribution is -2.10. The molecule has 0 aromatic carbocycles. The zero-order valence-electron chi connectivity index (χ0n) is 6.05. The average molecular weight is 193 g/mol. The normalized spacial score (nSPS) is 11.3. The van der Waals surface area contributed by atoms with Gasteiger partial charge in [-0.25, -0.2) is 0 Å². The molecule has 4 heteroatoms. The quantitative estimate of drug-likeness (QED) is 0.516. The summed E-state index contributed by atoms with van der Waals surface area (Å²) in [5.74, 6) is 0. The SMILES string of the molecule is CC/C=C(\S)SC(=S)NC. The number of hydrogen-bond donors (Lipinski definition) is 2. The van der Waals surface area contributed by atoms with Crippen LogP contribution in [0, 0.1) is 0 Å². The summed E-state index contributed by atoms with van der Waals surface area (Å²) in [6, 6.07) is 0. The molecule has 0 unspecified atom stereocenters. The maximum atomic E-state index is 4.91. The van der Waals surface area contributed by atoms with Gasteiger partial charge in [-0.15, -0.1) is 12.6 Å². The minimum Gasteiger partial charge on any atom is -0.374 e. The minimum absolute atomic E-state index is 0.759. The number of rotatable bonds is 2. The Hall–Kier alpha value is 0.330. The topological polar surface area (TPSA) is 12.0 Å². The first-order valence-corrected chi connectivity index (χ1v) is 4.66. The molecule has 0 aromatic heterocycles. The van der Waals surface area contributed by atoms with Gasteiger partial charge in [0.2, 0.25) is 0 Å². The predicted molar refractivity (Wildman–Crippen MR) is 56.6 cm³/mol. The standard InChI is InChI=1S/C6H11NS3/c1-3-4-5(8)10-6(9)7-2/h4,8H,3H2,1-2H3,(H,7,9)/b5-4+. The van der Waals surface area contributed by atoms with Crippen molar-refractivity contribution in [2.75, 3.05) is 7.05 Å². The highest BCUT2D eigenvalue weighted by molar-refractivity contribution is 8.31. The Labute approximate surface area is 77.1 Å². The summed E-state index contributed by atoms with van der Waals surface area (Å²) in [5, 5.41) is 2.86. The maximum absolute atomic E-state index is 4.91. The molecule has 0 aromatic rings. The van der Waals surface area contributed by atoms with Gasteiger partial charge in [-0.1, -0.05) is 37.0 Å². The average Bonchev–Trinajstić information content (AvgIpc) is 1.88. The Balaban J connectivity index is 3.67. The van der Waals surface area contributed by atoms with Crippen LogP contribution in [0.3, 0.4) is 0 Å². The van der Waals surface area contributed by atoms with Crippen LogP contribution >= 0.6 is 36.6 Å². The number of hydrogen-bond acceptors (Lipinski definition) is 3. The molecular weight excluding hydrogens is 182 g/mol. The zero-order valence-corrected chi connectivity index (χ0v) is 8.58. The van der Waals surface area contributed by atoms with Crippen molar-refractivity contribution < 1.29 is 0 Å². The molecule has 10 heavy (non-hydrogen) atoms. The molecule has 1 nitrogen and oxygen atoms in total. The Morgan fingerprint density at radius 1 is 1.80 bits per heavy atom. The van der Waals surface area contributed by atoms with Crippen molar-refractivity contribution in [3.8, 4) is 0 Å². The molecule has 0 saturated carbocycles. The van der Waals surface area contributed by atoms with Crippen molar-refractivity contribution in [3.63, 3.8) is 0 Å². The highest BCUT2D eigenvalue weighted by Gasteiger charge is 1.94. The summed E-state index contributed by atoms with van der Waals surface area (Å²) in [7, 11) is 1.81. The van der Waals surface area contributed by atoms with Crippen molar-refractivity contribution in [1.82, 2.24) is 5.32 Å². The van der Waals surface area contributed by atoms with E-state index in [1.54, 1.807) is 0 Å². The van der Waals surface area contributed by atoms with E-state index in [-0.39, 0.29) is 0 Å². The van der Waals surface area contributed by atoms with Crippen LogP contribution in [0.25, 0.3) is 0 Å². The summed E-state index contributed by atoms with van der Waals surface area (Å²) in [6.45, 7) is 2.07. The Bertz CT molecular complexity index is 142. The van der Waals surface area contributed by atoms with Gasteiger partial charge >= 0.3 is 0 Å². The van der Waals surface area contributed by atoms with E-state index < -0.39 is 0 Å². The molecular formula is C6H11NS3. The summed E-state index contributed by atoms with van der Waals surface area (Å²) in [6.07, 6.45) is 3.02. The van der Waals surface area contributed by atoms with Crippen LogP contribution in [0.5, 0.6) is 0 Å². The Morgan fingerprint density at radius 2 is 2.40 bits per heavy atom. The first kappa shape index (κ1) is 10.3. The number of thiocarbonyl (C=S) groups is 1. The third kappa shape index (κ3) is 5.14. The molecule has 0 radical (unpaired) electrons. The van der Waals surface area contributed by atoms with Crippen LogP contribution in [0.2, 0.25) is 0 Å². The van der Waals surface area contributed by atoms with E-state index >= 15 is 0 Å². The largest absolute Gasteiger partial charge is 0.374 e. The highest BCUT2D eigenvalue weighted by atomic mass is 32.2. The van der Waals surface area contributed by atoms with Crippen LogP contribution in [0.1, 0.15) is 13.3 Å². The zero-order chi connectivity index (χ0) is 7.98. The van der Waals surface area contributed by atoms with Gasteiger partial charge in [-0.05, 0) is 6.42 Å². The summed E-state index contributed by atoms with van der Waals surface area (Å²) < 4.78 is 1.72. The third-order valence-corrected chi connectivity index (χ3v) is 2.46. The van der Waals surface area contributed by atoms with Gasteiger partial charge in [-0.3, -0.25) is 0 Å². The molecule has 0 fully saturated rings. The fraction of sp³-hybridized carbons (Fsp3) is 0.500. The van der Waals surface area contributed by atoms with Gasteiger partial charge in [0.05, 0.1) is 0 Å². The van der Waals surface area contributed by atoms with Crippen molar-refractivity contribution in [2.24, 2.45) is 0 Å². The fourth-order valence-corrected chi connectivity index (χ4v) is 1.82. The second kappa shape index (κ2) is 6.07. The second-order valence-electron chi connectivity index (χ2n) is 1.59. The van der Waals surface area contributed by atoms with E-state index in [0.29, 0.717) is 0 Å². The lowest BCUT2D eigenvalue weighted by molar-refractivity contribution is 1.22. The molecule has 0 spiro atoms. The molecule has 0 amide bonds. The molecule has 0 heterocycles. The van der Waals surface area contributed by atoms with Gasteiger partial charge in [0.15, 0.2) is 0 Å². The van der Waals surface area contributed by atoms with E-state index in [1.165, 1.54) is 11.8 Å². The molecule has 0 atom stereocenters. The second-order valence-corrected chi connectivity index (χ2v) is 4.09. The first-order valence-electron chi connectivity index (χ1n) is 2.99. The van der Waals surface area contributed by atoms with Crippen LogP contribution in [-0.4, -0.2) is 11.4 Å². The molecule has 0 rings (SSSR count). The molecule has 0 bridgehead atoms. The van der Waals surface area contributed by atoms with Gasteiger partial charge in [-0.2, -0.15) is 0 Å². The molecule has 1 N–H and O–H groups in total. The van der Waals surface area contributed by atoms with E-state index in [0.717, 1.165) is 15.0 Å². The number of thiol groups is 1. The van der Waals surface area contributed by atoms with Crippen molar-refractivity contribution in [2.45, 2.75) is 13.3 Å². The molecule has 0 aliphatic heterocycles. The van der Waals surface area contributed by atoms with Gasteiger partial charge in [0.25, 0.3) is 0 Å². The van der Waals surface area contributed by atoms with Crippen LogP contribution in [0.15, 0.2) is 10.3 Å². The number of nitrogens with one attached hydrogen (secondary N) is 1. The van der Waals surface area contributed by atoms with Gasteiger partial charge < -0.3 is 5.32 Å². The Morgan fingerprint density at radius 3 is 2.80 bits per heavy atom. The lowest BCUT2D eigenvalue weighted by atomic mass is 10.5. The minimum atomic E-state index is 0.759. The third-order valence-electron chi connectivity index (χ3n) is 0.780. The van der Waals surface area contributed by atoms with E-state index in [1.807, 2.05) is 13.1 Å². The van der Waals surface area contributed by atoms with Crippen LogP contribution in [0.4, 0.5) is 0 Å². The summed E-state index contributed by atoms with van der Waals surface area (Å²) in [5.41, 5.74) is 0. The monoisotopic (exact) mass is 193 g/mol. The fourth-order valence-electron chi connectivity index (χ4n) is 0.362. The molecule has 0 aliphatic rings. The van der Waals surface area contributed by atoms with Gasteiger partial charge in [0, 0.05) is 11.3 Å². The molecule has 58 valence electrons. The van der Waals surface area contributed by atoms with Gasteiger partial charge in [0.1, 0.15) is 4.32 Å². The predicted octanol–water partition coefficient (Wildman–Crippen LogP) is 2.41. The lowest BCUT2D eigenvalue weighted by Gasteiger charge is -1.99. The number of allylic oxidation sites excluding steroid dienone is 1. The first-order chi connectivity index (χ1) is 4.70. The molecule has 0 saturated heterocycles. The molecule has 0 aliphatic carbocycles. The van der Waals surface area contributed by atoms with Crippen molar-refractivity contribution in [3.05, 3.63) is 10.3 Å². The summed E-state index contributed by atoms with van der Waals surface area (Å²) >= 11 is 10.6. The smallest absolute Gasteiger partial charge is 0.138 e. The highest BCUT2D eigenvalue weighted by Crippen LogP contribution is 2.20. The summed E-state index contributed by atoms with van der Waals surface area (Å²) in [4.78, 5) is 0. The Kier molecular flexibility index (Phi) is 6.27. The van der Waals surface area contributed by atoms with Crippen molar-refractivity contribution >= 4 is 40.9 Å². The van der Waals surface area contributed by atoms with Crippen LogP contribution in [-0.2, 0) is 0 Å². The van der Waals surface area contributed by atoms with Crippen LogP contribution < -0.4 is 5.32 Å². The van der Waals surface area contributed by atoms with E-state index in [4.69, 9.17) is 12.2 Å². The van der Waals surface area contributed by atoms with Crippen molar-refractivity contribution in [1.29, 1.82) is 0 Å².